The maximum Gasteiger partial charge on any atom is 0.0540 e. The number of aliphatic hydroxyl groups excluding tert-OH is 1. The Hall–Kier alpha value is 0.310. The molecule has 2 fully saturated rings. The zero-order chi connectivity index (χ0) is 7.03. The molecule has 0 aromatic heterocycles. The SMILES string of the molecule is OC1CCC2(CC1)CSC2. The second kappa shape index (κ2) is 2.42. The molecule has 0 aromatic rings. The second-order valence-corrected chi connectivity index (χ2v) is 4.71. The van der Waals surface area contributed by atoms with Crippen molar-refractivity contribution in [2.45, 2.75) is 31.8 Å². The average molecular weight is 158 g/mol. The van der Waals surface area contributed by atoms with Gasteiger partial charge in [0.15, 0.2) is 0 Å². The molecule has 0 aromatic carbocycles. The maximum absolute atomic E-state index is 9.25. The van der Waals surface area contributed by atoms with Gasteiger partial charge in [-0.3, -0.25) is 0 Å². The van der Waals surface area contributed by atoms with E-state index in [4.69, 9.17) is 0 Å². The largest absolute Gasteiger partial charge is 0.393 e. The predicted octanol–water partition coefficient (Wildman–Crippen LogP) is 1.65. The molecule has 1 nitrogen and oxygen atoms in total. The quantitative estimate of drug-likeness (QED) is 0.578. The molecule has 58 valence electrons. The zero-order valence-corrected chi connectivity index (χ0v) is 6.99. The first-order valence-electron chi connectivity index (χ1n) is 4.07. The molecule has 1 saturated heterocycles. The number of aliphatic hydroxyl groups is 1. The highest BCUT2D eigenvalue weighted by Gasteiger charge is 2.40. The van der Waals surface area contributed by atoms with E-state index in [1.165, 1.54) is 24.3 Å². The molecule has 0 amide bonds. The van der Waals surface area contributed by atoms with Gasteiger partial charge in [0.25, 0.3) is 0 Å². The monoisotopic (exact) mass is 158 g/mol. The summed E-state index contributed by atoms with van der Waals surface area (Å²) in [5.41, 5.74) is 0.684. The van der Waals surface area contributed by atoms with Crippen LogP contribution < -0.4 is 0 Å². The first kappa shape index (κ1) is 6.99. The summed E-state index contributed by atoms with van der Waals surface area (Å²) in [5.74, 6) is 2.72. The van der Waals surface area contributed by atoms with E-state index < -0.39 is 0 Å². The lowest BCUT2D eigenvalue weighted by molar-refractivity contribution is 0.0794. The van der Waals surface area contributed by atoms with Crippen LogP contribution in [-0.2, 0) is 0 Å². The van der Waals surface area contributed by atoms with Gasteiger partial charge in [-0.05, 0) is 42.6 Å². The Morgan fingerprint density at radius 2 is 1.80 bits per heavy atom. The molecule has 0 unspecified atom stereocenters. The van der Waals surface area contributed by atoms with Gasteiger partial charge in [0.1, 0.15) is 0 Å². The molecule has 1 aliphatic carbocycles. The Kier molecular flexibility index (Phi) is 1.69. The Bertz CT molecular complexity index is 121. The van der Waals surface area contributed by atoms with Crippen molar-refractivity contribution < 1.29 is 5.11 Å². The predicted molar refractivity (Wildman–Crippen MR) is 44.2 cm³/mol. The van der Waals surface area contributed by atoms with Crippen molar-refractivity contribution in [1.29, 1.82) is 0 Å². The molecule has 2 heteroatoms. The molecule has 10 heavy (non-hydrogen) atoms. The standard InChI is InChI=1S/C8H14OS/c9-7-1-3-8(4-2-7)5-10-6-8/h7,9H,1-6H2. The van der Waals surface area contributed by atoms with Crippen LogP contribution in [0.2, 0.25) is 0 Å². The van der Waals surface area contributed by atoms with Crippen LogP contribution in [0.15, 0.2) is 0 Å². The molecule has 2 rings (SSSR count). The van der Waals surface area contributed by atoms with Gasteiger partial charge in [0.05, 0.1) is 6.10 Å². The third-order valence-corrected chi connectivity index (χ3v) is 4.47. The summed E-state index contributed by atoms with van der Waals surface area (Å²) in [4.78, 5) is 0. The lowest BCUT2D eigenvalue weighted by Gasteiger charge is -2.45. The molecule has 2 aliphatic rings. The third kappa shape index (κ3) is 1.08. The third-order valence-electron chi connectivity index (χ3n) is 2.83. The lowest BCUT2D eigenvalue weighted by Crippen LogP contribution is -2.40. The van der Waals surface area contributed by atoms with Crippen molar-refractivity contribution in [2.75, 3.05) is 11.5 Å². The van der Waals surface area contributed by atoms with Gasteiger partial charge in [0.2, 0.25) is 0 Å². The van der Waals surface area contributed by atoms with E-state index in [2.05, 4.69) is 11.8 Å². The van der Waals surface area contributed by atoms with Gasteiger partial charge < -0.3 is 5.11 Å². The van der Waals surface area contributed by atoms with Gasteiger partial charge in [-0.2, -0.15) is 11.8 Å². The first-order valence-corrected chi connectivity index (χ1v) is 5.22. The molecular weight excluding hydrogens is 144 g/mol. The number of thioether (sulfide) groups is 1. The van der Waals surface area contributed by atoms with Crippen LogP contribution in [0.3, 0.4) is 0 Å². The van der Waals surface area contributed by atoms with E-state index in [0.29, 0.717) is 5.41 Å². The topological polar surface area (TPSA) is 20.2 Å². The minimum Gasteiger partial charge on any atom is -0.393 e. The van der Waals surface area contributed by atoms with Crippen LogP contribution in [0.25, 0.3) is 0 Å². The summed E-state index contributed by atoms with van der Waals surface area (Å²) in [5, 5.41) is 9.25. The van der Waals surface area contributed by atoms with Crippen LogP contribution in [0.5, 0.6) is 0 Å². The van der Waals surface area contributed by atoms with E-state index in [1.54, 1.807) is 0 Å². The lowest BCUT2D eigenvalue weighted by atomic mass is 9.75. The zero-order valence-electron chi connectivity index (χ0n) is 6.18. The van der Waals surface area contributed by atoms with Gasteiger partial charge in [-0.25, -0.2) is 0 Å². The maximum atomic E-state index is 9.25. The first-order chi connectivity index (χ1) is 4.81. The molecule has 1 spiro atoms. The van der Waals surface area contributed by atoms with Crippen molar-refractivity contribution in [3.05, 3.63) is 0 Å². The molecule has 1 heterocycles. The van der Waals surface area contributed by atoms with E-state index in [-0.39, 0.29) is 6.10 Å². The van der Waals surface area contributed by atoms with Gasteiger partial charge in [-0.1, -0.05) is 0 Å². The van der Waals surface area contributed by atoms with Gasteiger partial charge in [-0.15, -0.1) is 0 Å². The average Bonchev–Trinajstić information content (AvgIpc) is 1.86. The van der Waals surface area contributed by atoms with Gasteiger partial charge in [0, 0.05) is 0 Å². The van der Waals surface area contributed by atoms with Crippen molar-refractivity contribution >= 4 is 11.8 Å². The Morgan fingerprint density at radius 1 is 1.20 bits per heavy atom. The van der Waals surface area contributed by atoms with Crippen LogP contribution in [0, 0.1) is 5.41 Å². The molecule has 1 saturated carbocycles. The van der Waals surface area contributed by atoms with E-state index in [1.807, 2.05) is 0 Å². The van der Waals surface area contributed by atoms with Crippen molar-refractivity contribution in [3.8, 4) is 0 Å². The summed E-state index contributed by atoms with van der Waals surface area (Å²) in [7, 11) is 0. The Labute approximate surface area is 66.2 Å². The molecular formula is C8H14OS. The van der Waals surface area contributed by atoms with Crippen LogP contribution in [-0.4, -0.2) is 22.7 Å². The Morgan fingerprint density at radius 3 is 2.20 bits per heavy atom. The molecule has 0 atom stereocenters. The normalized spacial score (nSPS) is 32.1. The van der Waals surface area contributed by atoms with E-state index in [9.17, 15) is 5.11 Å². The highest BCUT2D eigenvalue weighted by Crippen LogP contribution is 2.48. The van der Waals surface area contributed by atoms with Crippen molar-refractivity contribution in [2.24, 2.45) is 5.41 Å². The fourth-order valence-electron chi connectivity index (χ4n) is 1.89. The summed E-state index contributed by atoms with van der Waals surface area (Å²) in [6.07, 6.45) is 4.69. The van der Waals surface area contributed by atoms with Crippen molar-refractivity contribution in [3.63, 3.8) is 0 Å². The number of hydrogen-bond acceptors (Lipinski definition) is 2. The Balaban J connectivity index is 1.90. The number of rotatable bonds is 0. The second-order valence-electron chi connectivity index (χ2n) is 3.72. The van der Waals surface area contributed by atoms with E-state index >= 15 is 0 Å². The molecule has 0 radical (unpaired) electrons. The summed E-state index contributed by atoms with van der Waals surface area (Å²) in [6.45, 7) is 0. The highest BCUT2D eigenvalue weighted by molar-refractivity contribution is 8.00. The molecule has 1 aliphatic heterocycles. The summed E-state index contributed by atoms with van der Waals surface area (Å²) in [6, 6.07) is 0. The van der Waals surface area contributed by atoms with E-state index in [0.717, 1.165) is 12.8 Å². The highest BCUT2D eigenvalue weighted by atomic mass is 32.2. The summed E-state index contributed by atoms with van der Waals surface area (Å²) < 4.78 is 0. The smallest absolute Gasteiger partial charge is 0.0540 e. The van der Waals surface area contributed by atoms with Gasteiger partial charge >= 0.3 is 0 Å². The van der Waals surface area contributed by atoms with Crippen molar-refractivity contribution in [1.82, 2.24) is 0 Å². The minimum absolute atomic E-state index is 0.0243. The molecule has 1 N–H and O–H groups in total. The summed E-state index contributed by atoms with van der Waals surface area (Å²) >= 11 is 2.06. The van der Waals surface area contributed by atoms with Crippen LogP contribution in [0.1, 0.15) is 25.7 Å². The fourth-order valence-corrected chi connectivity index (χ4v) is 3.25. The van der Waals surface area contributed by atoms with Crippen LogP contribution >= 0.6 is 11.8 Å². The molecule has 0 bridgehead atoms. The number of hydrogen-bond donors (Lipinski definition) is 1. The van der Waals surface area contributed by atoms with Crippen LogP contribution in [0.4, 0.5) is 0 Å². The minimum atomic E-state index is 0.0243. The fraction of sp³-hybridized carbons (Fsp3) is 1.00.